The first-order valence-electron chi connectivity index (χ1n) is 8.71. The van der Waals surface area contributed by atoms with Crippen LogP contribution in [0.25, 0.3) is 0 Å². The summed E-state index contributed by atoms with van der Waals surface area (Å²) >= 11 is 1.33. The van der Waals surface area contributed by atoms with Crippen molar-refractivity contribution in [2.24, 2.45) is 4.99 Å². The molecule has 1 atom stereocenters. The van der Waals surface area contributed by atoms with Crippen LogP contribution in [0.5, 0.6) is 5.75 Å². The van der Waals surface area contributed by atoms with Gasteiger partial charge in [-0.2, -0.15) is 13.2 Å². The monoisotopic (exact) mass is 408 g/mol. The minimum absolute atomic E-state index is 0.194. The van der Waals surface area contributed by atoms with Crippen molar-refractivity contribution in [1.82, 2.24) is 4.90 Å². The summed E-state index contributed by atoms with van der Waals surface area (Å²) in [7, 11) is 0. The van der Waals surface area contributed by atoms with E-state index >= 15 is 0 Å². The lowest BCUT2D eigenvalue weighted by molar-refractivity contribution is -0.137. The summed E-state index contributed by atoms with van der Waals surface area (Å²) in [4.78, 5) is 18.6. The first-order chi connectivity index (χ1) is 13.3. The summed E-state index contributed by atoms with van der Waals surface area (Å²) in [6.07, 6.45) is -5.02. The van der Waals surface area contributed by atoms with E-state index in [4.69, 9.17) is 4.74 Å². The second-order valence-corrected chi connectivity index (χ2v) is 7.15. The predicted molar refractivity (Wildman–Crippen MR) is 103 cm³/mol. The van der Waals surface area contributed by atoms with Crippen LogP contribution in [0.3, 0.4) is 0 Å². The maximum atomic E-state index is 12.7. The highest BCUT2D eigenvalue weighted by molar-refractivity contribution is 8.13. The van der Waals surface area contributed by atoms with Crippen molar-refractivity contribution in [3.63, 3.8) is 0 Å². The number of para-hydroxylation sites is 1. The van der Waals surface area contributed by atoms with Crippen LogP contribution in [0.1, 0.15) is 18.1 Å². The standard InChI is InChI=1S/C20H19F3N2O2S/c1-14(27-17-5-3-2-4-6-17)18(26)25-12-11-24-19(25)28-13-15-7-9-16(10-8-15)20(21,22)23/h2-10,14H,11-13H2,1H3. The number of hydrogen-bond donors (Lipinski definition) is 0. The van der Waals surface area contributed by atoms with Gasteiger partial charge in [0.2, 0.25) is 0 Å². The molecule has 148 valence electrons. The highest BCUT2D eigenvalue weighted by Gasteiger charge is 2.31. The fourth-order valence-corrected chi connectivity index (χ4v) is 3.67. The number of halogens is 3. The molecule has 0 fully saturated rings. The average Bonchev–Trinajstić information content (AvgIpc) is 3.14. The van der Waals surface area contributed by atoms with Gasteiger partial charge in [-0.15, -0.1) is 0 Å². The molecule has 1 aliphatic rings. The largest absolute Gasteiger partial charge is 0.481 e. The van der Waals surface area contributed by atoms with Gasteiger partial charge >= 0.3 is 6.18 Å². The number of rotatable bonds is 5. The molecule has 0 radical (unpaired) electrons. The number of hydrogen-bond acceptors (Lipinski definition) is 4. The molecule has 0 saturated carbocycles. The smallest absolute Gasteiger partial charge is 0.416 e. The lowest BCUT2D eigenvalue weighted by Gasteiger charge is -2.22. The number of nitrogens with zero attached hydrogens (tertiary/aromatic N) is 2. The Bertz CT molecular complexity index is 839. The van der Waals surface area contributed by atoms with Gasteiger partial charge in [0.05, 0.1) is 12.1 Å². The highest BCUT2D eigenvalue weighted by atomic mass is 32.2. The second-order valence-electron chi connectivity index (χ2n) is 6.21. The van der Waals surface area contributed by atoms with Gasteiger partial charge in [0, 0.05) is 12.3 Å². The zero-order valence-corrected chi connectivity index (χ0v) is 16.0. The Kier molecular flexibility index (Phi) is 6.28. The third kappa shape index (κ3) is 5.07. The highest BCUT2D eigenvalue weighted by Crippen LogP contribution is 2.30. The van der Waals surface area contributed by atoms with Crippen molar-refractivity contribution < 1.29 is 22.7 Å². The number of amides is 1. The molecule has 0 saturated heterocycles. The van der Waals surface area contributed by atoms with Crippen molar-refractivity contribution >= 4 is 22.8 Å². The van der Waals surface area contributed by atoms with Gasteiger partial charge in [0.15, 0.2) is 11.3 Å². The Morgan fingerprint density at radius 2 is 1.86 bits per heavy atom. The SMILES string of the molecule is CC(Oc1ccccc1)C(=O)N1CCN=C1SCc1ccc(C(F)(F)F)cc1. The van der Waals surface area contributed by atoms with E-state index in [2.05, 4.69) is 4.99 Å². The maximum Gasteiger partial charge on any atom is 0.416 e. The first kappa shape index (κ1) is 20.3. The normalized spacial score (nSPS) is 15.3. The number of aliphatic imine (C=N–C) groups is 1. The van der Waals surface area contributed by atoms with Gasteiger partial charge < -0.3 is 4.74 Å². The number of benzene rings is 2. The lowest BCUT2D eigenvalue weighted by Crippen LogP contribution is -2.41. The quantitative estimate of drug-likeness (QED) is 0.726. The molecule has 2 aromatic carbocycles. The molecule has 4 nitrogen and oxygen atoms in total. The van der Waals surface area contributed by atoms with Crippen molar-refractivity contribution in [1.29, 1.82) is 0 Å². The minimum atomic E-state index is -4.35. The number of amidine groups is 1. The number of carbonyl (C=O) groups is 1. The second kappa shape index (κ2) is 8.68. The third-order valence-corrected chi connectivity index (χ3v) is 5.21. The molecule has 1 aliphatic heterocycles. The van der Waals surface area contributed by atoms with Crippen LogP contribution < -0.4 is 4.74 Å². The fourth-order valence-electron chi connectivity index (χ4n) is 2.67. The van der Waals surface area contributed by atoms with Crippen molar-refractivity contribution in [3.05, 3.63) is 65.7 Å². The molecule has 2 aromatic rings. The summed E-state index contributed by atoms with van der Waals surface area (Å²) in [5.41, 5.74) is 0.0525. The van der Waals surface area contributed by atoms with Gasteiger partial charge in [-0.1, -0.05) is 42.1 Å². The molecular formula is C20H19F3N2O2S. The number of carbonyl (C=O) groups excluding carboxylic acids is 1. The van der Waals surface area contributed by atoms with E-state index in [0.29, 0.717) is 29.8 Å². The van der Waals surface area contributed by atoms with E-state index in [-0.39, 0.29) is 5.91 Å². The fraction of sp³-hybridized carbons (Fsp3) is 0.300. The van der Waals surface area contributed by atoms with E-state index in [9.17, 15) is 18.0 Å². The molecule has 28 heavy (non-hydrogen) atoms. The van der Waals surface area contributed by atoms with Crippen LogP contribution in [0.2, 0.25) is 0 Å². The van der Waals surface area contributed by atoms with Crippen LogP contribution >= 0.6 is 11.8 Å². The molecule has 3 rings (SSSR count). The average molecular weight is 408 g/mol. The van der Waals surface area contributed by atoms with Crippen molar-refractivity contribution in [2.45, 2.75) is 25.0 Å². The molecule has 1 heterocycles. The van der Waals surface area contributed by atoms with Gasteiger partial charge in [-0.05, 0) is 36.8 Å². The van der Waals surface area contributed by atoms with Crippen LogP contribution in [0.4, 0.5) is 13.2 Å². The molecule has 0 N–H and O–H groups in total. The number of thioether (sulfide) groups is 1. The summed E-state index contributed by atoms with van der Waals surface area (Å²) in [5.74, 6) is 0.841. The molecule has 0 spiro atoms. The van der Waals surface area contributed by atoms with Crippen molar-refractivity contribution in [3.8, 4) is 5.75 Å². The Balaban J connectivity index is 1.57. The Morgan fingerprint density at radius 3 is 2.50 bits per heavy atom. The van der Waals surface area contributed by atoms with E-state index in [1.54, 1.807) is 24.0 Å². The van der Waals surface area contributed by atoms with Crippen LogP contribution in [0.15, 0.2) is 59.6 Å². The molecular weight excluding hydrogens is 389 g/mol. The van der Waals surface area contributed by atoms with Gasteiger partial charge in [-0.25, -0.2) is 0 Å². The summed E-state index contributed by atoms with van der Waals surface area (Å²) < 4.78 is 43.6. The van der Waals surface area contributed by atoms with Crippen LogP contribution in [0, 0.1) is 0 Å². The predicted octanol–water partition coefficient (Wildman–Crippen LogP) is 4.60. The molecule has 0 aromatic heterocycles. The van der Waals surface area contributed by atoms with E-state index in [0.717, 1.165) is 17.7 Å². The summed E-state index contributed by atoms with van der Waals surface area (Å²) in [5, 5.41) is 0.563. The van der Waals surface area contributed by atoms with Gasteiger partial charge in [0.1, 0.15) is 5.75 Å². The maximum absolute atomic E-state index is 12.7. The Labute approximate surface area is 165 Å². The molecule has 0 bridgehead atoms. The van der Waals surface area contributed by atoms with E-state index < -0.39 is 17.8 Å². The zero-order chi connectivity index (χ0) is 20.1. The van der Waals surface area contributed by atoms with E-state index in [1.165, 1.54) is 23.9 Å². The molecule has 1 unspecified atom stereocenters. The Morgan fingerprint density at radius 1 is 1.18 bits per heavy atom. The summed E-state index contributed by atoms with van der Waals surface area (Å²) in [6.45, 7) is 2.65. The zero-order valence-electron chi connectivity index (χ0n) is 15.1. The summed E-state index contributed by atoms with van der Waals surface area (Å²) in [6, 6.07) is 14.1. The van der Waals surface area contributed by atoms with Gasteiger partial charge in [0.25, 0.3) is 5.91 Å². The minimum Gasteiger partial charge on any atom is -0.481 e. The van der Waals surface area contributed by atoms with Crippen LogP contribution in [-0.2, 0) is 16.7 Å². The number of ether oxygens (including phenoxy) is 1. The molecule has 8 heteroatoms. The van der Waals surface area contributed by atoms with Crippen LogP contribution in [-0.4, -0.2) is 35.2 Å². The topological polar surface area (TPSA) is 41.9 Å². The lowest BCUT2D eigenvalue weighted by atomic mass is 10.1. The van der Waals surface area contributed by atoms with Gasteiger partial charge in [-0.3, -0.25) is 14.7 Å². The van der Waals surface area contributed by atoms with E-state index in [1.807, 2.05) is 18.2 Å². The van der Waals surface area contributed by atoms with Crippen molar-refractivity contribution in [2.75, 3.05) is 13.1 Å². The third-order valence-electron chi connectivity index (χ3n) is 4.12. The first-order valence-corrected chi connectivity index (χ1v) is 9.69. The molecule has 1 amide bonds. The molecule has 0 aliphatic carbocycles. The Hall–Kier alpha value is -2.48. The number of alkyl halides is 3.